The standard InChI is InChI=1S/C16H18BrNO2S/c1-10-14(13(19)9-21-16(2,3)4)15(20-18-10)11-5-7-12(17)8-6-11/h5-8H,9H2,1-4H3. The molecule has 0 aliphatic rings. The van der Waals surface area contributed by atoms with Crippen LogP contribution in [0.15, 0.2) is 33.3 Å². The molecule has 0 fully saturated rings. The number of nitrogens with zero attached hydrogens (tertiary/aromatic N) is 1. The van der Waals surface area contributed by atoms with Crippen molar-refractivity contribution >= 4 is 33.5 Å². The van der Waals surface area contributed by atoms with Crippen molar-refractivity contribution < 1.29 is 9.32 Å². The van der Waals surface area contributed by atoms with Crippen LogP contribution in [0.2, 0.25) is 0 Å². The lowest BCUT2D eigenvalue weighted by atomic mass is 10.0. The monoisotopic (exact) mass is 367 g/mol. The Bertz CT molecular complexity index is 641. The maximum Gasteiger partial charge on any atom is 0.178 e. The van der Waals surface area contributed by atoms with Gasteiger partial charge in [-0.1, -0.05) is 41.9 Å². The summed E-state index contributed by atoms with van der Waals surface area (Å²) in [6, 6.07) is 7.67. The number of hydrogen-bond donors (Lipinski definition) is 0. The molecule has 112 valence electrons. The normalized spacial score (nSPS) is 11.7. The number of carbonyl (C=O) groups is 1. The van der Waals surface area contributed by atoms with Crippen LogP contribution in [0.1, 0.15) is 36.8 Å². The lowest BCUT2D eigenvalue weighted by Gasteiger charge is -2.16. The maximum atomic E-state index is 12.5. The summed E-state index contributed by atoms with van der Waals surface area (Å²) in [5.41, 5.74) is 2.10. The minimum Gasteiger partial charge on any atom is -0.355 e. The van der Waals surface area contributed by atoms with Crippen LogP contribution in [-0.2, 0) is 0 Å². The van der Waals surface area contributed by atoms with E-state index in [2.05, 4.69) is 41.9 Å². The molecule has 0 aliphatic heterocycles. The van der Waals surface area contributed by atoms with Crippen LogP contribution in [0.25, 0.3) is 11.3 Å². The first-order chi connectivity index (χ1) is 9.78. The van der Waals surface area contributed by atoms with E-state index in [0.717, 1.165) is 10.0 Å². The van der Waals surface area contributed by atoms with E-state index < -0.39 is 0 Å². The number of ketones is 1. The van der Waals surface area contributed by atoms with Gasteiger partial charge in [-0.25, -0.2) is 0 Å². The van der Waals surface area contributed by atoms with Crippen LogP contribution < -0.4 is 0 Å². The molecule has 21 heavy (non-hydrogen) atoms. The average Bonchev–Trinajstić information content (AvgIpc) is 2.78. The van der Waals surface area contributed by atoms with Gasteiger partial charge in [0.2, 0.25) is 0 Å². The number of Topliss-reactive ketones (excluding diaryl/α,β-unsaturated/α-hetero) is 1. The fraction of sp³-hybridized carbons (Fsp3) is 0.375. The number of rotatable bonds is 4. The first-order valence-electron chi connectivity index (χ1n) is 6.67. The second-order valence-electron chi connectivity index (χ2n) is 5.80. The summed E-state index contributed by atoms with van der Waals surface area (Å²) in [6.45, 7) is 8.10. The van der Waals surface area contributed by atoms with Crippen molar-refractivity contribution in [3.63, 3.8) is 0 Å². The molecule has 0 amide bonds. The highest BCUT2D eigenvalue weighted by atomic mass is 79.9. The Hall–Kier alpha value is -1.07. The van der Waals surface area contributed by atoms with Crippen molar-refractivity contribution in [2.24, 2.45) is 0 Å². The molecular formula is C16H18BrNO2S. The lowest BCUT2D eigenvalue weighted by molar-refractivity contribution is 0.102. The number of carbonyl (C=O) groups excluding carboxylic acids is 1. The zero-order valence-electron chi connectivity index (χ0n) is 12.6. The Morgan fingerprint density at radius 2 is 1.90 bits per heavy atom. The molecule has 5 heteroatoms. The van der Waals surface area contributed by atoms with Crippen LogP contribution in [0.3, 0.4) is 0 Å². The van der Waals surface area contributed by atoms with Gasteiger partial charge in [-0.2, -0.15) is 0 Å². The van der Waals surface area contributed by atoms with Crippen molar-refractivity contribution in [3.05, 3.63) is 40.0 Å². The molecule has 0 saturated carbocycles. The van der Waals surface area contributed by atoms with Crippen LogP contribution >= 0.6 is 27.7 Å². The summed E-state index contributed by atoms with van der Waals surface area (Å²) in [6.07, 6.45) is 0. The van der Waals surface area contributed by atoms with Gasteiger partial charge in [-0.3, -0.25) is 4.79 Å². The van der Waals surface area contributed by atoms with Crippen LogP contribution in [-0.4, -0.2) is 21.4 Å². The van der Waals surface area contributed by atoms with Gasteiger partial charge in [0.05, 0.1) is 17.0 Å². The molecule has 1 aromatic heterocycles. The summed E-state index contributed by atoms with van der Waals surface area (Å²) in [5, 5.41) is 3.96. The molecule has 2 rings (SSSR count). The fourth-order valence-electron chi connectivity index (χ4n) is 1.85. The van der Waals surface area contributed by atoms with Gasteiger partial charge in [0.1, 0.15) is 0 Å². The highest BCUT2D eigenvalue weighted by Gasteiger charge is 2.23. The van der Waals surface area contributed by atoms with Gasteiger partial charge in [0.25, 0.3) is 0 Å². The summed E-state index contributed by atoms with van der Waals surface area (Å²) in [7, 11) is 0. The van der Waals surface area contributed by atoms with Crippen LogP contribution in [0.4, 0.5) is 0 Å². The minimum atomic E-state index is 0.0541. The number of thioether (sulfide) groups is 1. The summed E-state index contributed by atoms with van der Waals surface area (Å²) in [4.78, 5) is 12.5. The summed E-state index contributed by atoms with van der Waals surface area (Å²) < 4.78 is 6.42. The van der Waals surface area contributed by atoms with E-state index >= 15 is 0 Å². The van der Waals surface area contributed by atoms with E-state index in [1.807, 2.05) is 24.3 Å². The SMILES string of the molecule is Cc1noc(-c2ccc(Br)cc2)c1C(=O)CSC(C)(C)C. The smallest absolute Gasteiger partial charge is 0.178 e. The molecule has 0 spiro atoms. The molecule has 1 heterocycles. The number of halogens is 1. The van der Waals surface area contributed by atoms with Crippen LogP contribution in [0, 0.1) is 6.92 Å². The summed E-state index contributed by atoms with van der Waals surface area (Å²) >= 11 is 5.03. The van der Waals surface area contributed by atoms with Gasteiger partial charge in [0, 0.05) is 14.8 Å². The zero-order valence-corrected chi connectivity index (χ0v) is 15.0. The molecule has 2 aromatic rings. The third-order valence-corrected chi connectivity index (χ3v) is 4.69. The predicted octanol–water partition coefficient (Wildman–Crippen LogP) is 5.13. The van der Waals surface area contributed by atoms with Gasteiger partial charge < -0.3 is 4.52 Å². The minimum absolute atomic E-state index is 0.0541. The Labute approximate surface area is 137 Å². The molecule has 0 aliphatic carbocycles. The van der Waals surface area contributed by atoms with Crippen LogP contribution in [0.5, 0.6) is 0 Å². The van der Waals surface area contributed by atoms with Crippen molar-refractivity contribution in [2.45, 2.75) is 32.4 Å². The molecule has 1 aromatic carbocycles. The Kier molecular flexibility index (Phi) is 4.94. The maximum absolute atomic E-state index is 12.5. The Balaban J connectivity index is 2.30. The van der Waals surface area contributed by atoms with E-state index in [1.165, 1.54) is 0 Å². The first-order valence-corrected chi connectivity index (χ1v) is 8.45. The van der Waals surface area contributed by atoms with Gasteiger partial charge in [-0.05, 0) is 31.2 Å². The molecule has 3 nitrogen and oxygen atoms in total. The molecule has 0 saturated heterocycles. The second-order valence-corrected chi connectivity index (χ2v) is 8.52. The average molecular weight is 368 g/mol. The highest BCUT2D eigenvalue weighted by Crippen LogP contribution is 2.30. The number of hydrogen-bond acceptors (Lipinski definition) is 4. The van der Waals surface area contributed by atoms with Crippen molar-refractivity contribution in [1.82, 2.24) is 5.16 Å². The van der Waals surface area contributed by atoms with Gasteiger partial charge >= 0.3 is 0 Å². The topological polar surface area (TPSA) is 43.1 Å². The number of benzene rings is 1. The third kappa shape index (κ3) is 4.20. The zero-order chi connectivity index (χ0) is 15.6. The quantitative estimate of drug-likeness (QED) is 0.702. The van der Waals surface area contributed by atoms with Crippen molar-refractivity contribution in [1.29, 1.82) is 0 Å². The van der Waals surface area contributed by atoms with E-state index in [1.54, 1.807) is 18.7 Å². The largest absolute Gasteiger partial charge is 0.355 e. The second kappa shape index (κ2) is 6.36. The summed E-state index contributed by atoms with van der Waals surface area (Å²) in [5.74, 6) is 1.04. The molecule has 0 bridgehead atoms. The van der Waals surface area contributed by atoms with E-state index in [9.17, 15) is 4.79 Å². The van der Waals surface area contributed by atoms with Gasteiger partial charge in [-0.15, -0.1) is 11.8 Å². The Morgan fingerprint density at radius 3 is 2.48 bits per heavy atom. The van der Waals surface area contributed by atoms with Gasteiger partial charge in [0.15, 0.2) is 11.5 Å². The van der Waals surface area contributed by atoms with Crippen molar-refractivity contribution in [2.75, 3.05) is 5.75 Å². The number of aryl methyl sites for hydroxylation is 1. The van der Waals surface area contributed by atoms with E-state index in [0.29, 0.717) is 22.8 Å². The molecule has 0 N–H and O–H groups in total. The molecule has 0 unspecified atom stereocenters. The Morgan fingerprint density at radius 1 is 1.29 bits per heavy atom. The fourth-order valence-corrected chi connectivity index (χ4v) is 2.82. The van der Waals surface area contributed by atoms with Crippen molar-refractivity contribution in [3.8, 4) is 11.3 Å². The predicted molar refractivity (Wildman–Crippen MR) is 90.9 cm³/mol. The lowest BCUT2D eigenvalue weighted by Crippen LogP contribution is -2.13. The molecule has 0 radical (unpaired) electrons. The first kappa shape index (κ1) is 16.3. The molecular weight excluding hydrogens is 350 g/mol. The van der Waals surface area contributed by atoms with E-state index in [4.69, 9.17) is 4.52 Å². The highest BCUT2D eigenvalue weighted by molar-refractivity contribution is 9.10. The third-order valence-electron chi connectivity index (χ3n) is 2.88. The molecule has 0 atom stereocenters. The number of aromatic nitrogens is 1. The van der Waals surface area contributed by atoms with E-state index in [-0.39, 0.29) is 10.5 Å².